The van der Waals surface area contributed by atoms with E-state index in [-0.39, 0.29) is 5.76 Å². The first-order valence-electron chi connectivity index (χ1n) is 7.73. The Hall–Kier alpha value is -1.32. The summed E-state index contributed by atoms with van der Waals surface area (Å²) in [6.07, 6.45) is 8.98. The Kier molecular flexibility index (Phi) is 2.54. The highest BCUT2D eigenvalue weighted by Crippen LogP contribution is 2.60. The van der Waals surface area contributed by atoms with E-state index in [2.05, 4.69) is 4.98 Å². The highest BCUT2D eigenvalue weighted by molar-refractivity contribution is 5.85. The molecule has 4 fully saturated rings. The normalized spacial score (nSPS) is 38.4. The molecule has 4 aliphatic rings. The van der Waals surface area contributed by atoms with Gasteiger partial charge >= 0.3 is 5.97 Å². The quantitative estimate of drug-likeness (QED) is 0.917. The van der Waals surface area contributed by atoms with Crippen LogP contribution in [0.5, 0.6) is 0 Å². The fourth-order valence-corrected chi connectivity index (χ4v) is 5.55. The van der Waals surface area contributed by atoms with Crippen molar-refractivity contribution in [3.63, 3.8) is 0 Å². The fraction of sp³-hybridized carbons (Fsp3) is 0.750. The van der Waals surface area contributed by atoms with Crippen LogP contribution < -0.4 is 0 Å². The van der Waals surface area contributed by atoms with Gasteiger partial charge in [-0.25, -0.2) is 9.78 Å². The van der Waals surface area contributed by atoms with Gasteiger partial charge < -0.3 is 9.52 Å². The molecule has 0 aliphatic heterocycles. The number of carbonyl (C=O) groups is 1. The van der Waals surface area contributed by atoms with Crippen molar-refractivity contribution in [1.82, 2.24) is 4.98 Å². The van der Waals surface area contributed by atoms with Crippen molar-refractivity contribution in [2.24, 2.45) is 23.2 Å². The number of hydrogen-bond acceptors (Lipinski definition) is 3. The van der Waals surface area contributed by atoms with E-state index in [1.54, 1.807) is 6.92 Å². The van der Waals surface area contributed by atoms with Gasteiger partial charge in [-0.15, -0.1) is 0 Å². The smallest absolute Gasteiger partial charge is 0.373 e. The number of carboxylic acid groups (broad SMARTS) is 1. The zero-order valence-electron chi connectivity index (χ0n) is 11.9. The molecule has 1 heterocycles. The summed E-state index contributed by atoms with van der Waals surface area (Å²) in [5.41, 5.74) is 0.860. The van der Waals surface area contributed by atoms with E-state index in [0.29, 0.717) is 17.0 Å². The first-order chi connectivity index (χ1) is 9.53. The third-order valence-corrected chi connectivity index (χ3v) is 5.73. The van der Waals surface area contributed by atoms with Crippen molar-refractivity contribution in [2.45, 2.75) is 51.9 Å². The molecule has 20 heavy (non-hydrogen) atoms. The van der Waals surface area contributed by atoms with Crippen molar-refractivity contribution in [3.05, 3.63) is 17.3 Å². The molecule has 4 saturated carbocycles. The minimum Gasteiger partial charge on any atom is -0.475 e. The Morgan fingerprint density at radius 2 is 1.80 bits per heavy atom. The maximum absolute atomic E-state index is 11.1. The van der Waals surface area contributed by atoms with Crippen molar-refractivity contribution in [3.8, 4) is 0 Å². The number of aromatic carboxylic acids is 1. The van der Waals surface area contributed by atoms with Gasteiger partial charge in [0, 0.05) is 6.42 Å². The first-order valence-corrected chi connectivity index (χ1v) is 7.73. The topological polar surface area (TPSA) is 63.3 Å². The highest BCUT2D eigenvalue weighted by atomic mass is 16.4. The molecule has 4 bridgehead atoms. The molecule has 4 nitrogen and oxygen atoms in total. The summed E-state index contributed by atoms with van der Waals surface area (Å²) in [6.45, 7) is 1.72. The SMILES string of the molecule is Cc1nc(CC23CC4CC(CC(C4)C2)C3)oc1C(=O)O. The van der Waals surface area contributed by atoms with Gasteiger partial charge in [0.15, 0.2) is 5.89 Å². The van der Waals surface area contributed by atoms with Gasteiger partial charge in [-0.3, -0.25) is 0 Å². The number of nitrogens with zero attached hydrogens (tertiary/aromatic N) is 1. The molecular formula is C16H21NO3. The first kappa shape index (κ1) is 12.4. The lowest BCUT2D eigenvalue weighted by molar-refractivity contribution is -0.0552. The van der Waals surface area contributed by atoms with Crippen molar-refractivity contribution in [1.29, 1.82) is 0 Å². The van der Waals surface area contributed by atoms with Gasteiger partial charge in [-0.1, -0.05) is 0 Å². The lowest BCUT2D eigenvalue weighted by Crippen LogP contribution is -2.47. The van der Waals surface area contributed by atoms with E-state index in [1.165, 1.54) is 38.5 Å². The molecule has 0 saturated heterocycles. The second-order valence-corrected chi connectivity index (χ2v) is 7.42. The van der Waals surface area contributed by atoms with Crippen LogP contribution in [0, 0.1) is 30.1 Å². The van der Waals surface area contributed by atoms with Crippen LogP contribution in [0.3, 0.4) is 0 Å². The van der Waals surface area contributed by atoms with Gasteiger partial charge in [0.2, 0.25) is 5.76 Å². The van der Waals surface area contributed by atoms with Gasteiger partial charge in [0.05, 0.1) is 5.69 Å². The molecule has 5 rings (SSSR count). The van der Waals surface area contributed by atoms with Crippen LogP contribution in [0.2, 0.25) is 0 Å². The number of hydrogen-bond donors (Lipinski definition) is 1. The molecule has 4 heteroatoms. The van der Waals surface area contributed by atoms with E-state index in [4.69, 9.17) is 9.52 Å². The summed E-state index contributed by atoms with van der Waals surface area (Å²) < 4.78 is 5.50. The largest absolute Gasteiger partial charge is 0.475 e. The molecule has 0 amide bonds. The van der Waals surface area contributed by atoms with Crippen LogP contribution in [0.25, 0.3) is 0 Å². The Balaban J connectivity index is 1.59. The van der Waals surface area contributed by atoms with Crippen molar-refractivity contribution >= 4 is 5.97 Å². The maximum atomic E-state index is 11.1. The summed E-state index contributed by atoms with van der Waals surface area (Å²) in [7, 11) is 0. The molecule has 0 atom stereocenters. The zero-order chi connectivity index (χ0) is 13.9. The monoisotopic (exact) mass is 275 g/mol. The molecule has 1 N–H and O–H groups in total. The number of rotatable bonds is 3. The van der Waals surface area contributed by atoms with Crippen LogP contribution in [-0.4, -0.2) is 16.1 Å². The van der Waals surface area contributed by atoms with E-state index >= 15 is 0 Å². The Morgan fingerprint density at radius 3 is 2.25 bits per heavy atom. The average Bonchev–Trinajstić information content (AvgIpc) is 2.67. The van der Waals surface area contributed by atoms with Crippen LogP contribution in [-0.2, 0) is 6.42 Å². The Bertz CT molecular complexity index is 525. The van der Waals surface area contributed by atoms with Gasteiger partial charge in [-0.05, 0) is 68.6 Å². The Labute approximate surface area is 118 Å². The summed E-state index contributed by atoms with van der Waals surface area (Å²) >= 11 is 0. The minimum atomic E-state index is -1.01. The molecule has 0 unspecified atom stereocenters. The molecule has 1 aromatic rings. The van der Waals surface area contributed by atoms with Gasteiger partial charge in [0.25, 0.3) is 0 Å². The van der Waals surface area contributed by atoms with Crippen LogP contribution in [0.4, 0.5) is 0 Å². The molecular weight excluding hydrogens is 254 g/mol. The molecule has 0 spiro atoms. The minimum absolute atomic E-state index is 0.0183. The molecule has 108 valence electrons. The Morgan fingerprint density at radius 1 is 1.25 bits per heavy atom. The predicted octanol–water partition coefficient (Wildman–Crippen LogP) is 3.44. The van der Waals surface area contributed by atoms with E-state index < -0.39 is 5.97 Å². The molecule has 0 radical (unpaired) electrons. The fourth-order valence-electron chi connectivity index (χ4n) is 5.55. The lowest BCUT2D eigenvalue weighted by atomic mass is 9.49. The zero-order valence-corrected chi connectivity index (χ0v) is 11.9. The second-order valence-electron chi connectivity index (χ2n) is 7.42. The third-order valence-electron chi connectivity index (χ3n) is 5.73. The van der Waals surface area contributed by atoms with Crippen LogP contribution in [0.1, 0.15) is 60.7 Å². The standard InChI is InChI=1S/C16H21NO3/c1-9-14(15(18)19)20-13(17-9)8-16-5-10-2-11(6-16)4-12(3-10)7-16/h10-12H,2-8H2,1H3,(H,18,19). The predicted molar refractivity (Wildman–Crippen MR) is 72.5 cm³/mol. The van der Waals surface area contributed by atoms with Crippen molar-refractivity contribution < 1.29 is 14.3 Å². The highest BCUT2D eigenvalue weighted by Gasteiger charge is 2.51. The van der Waals surface area contributed by atoms with E-state index in [9.17, 15) is 4.79 Å². The molecule has 0 aromatic carbocycles. The van der Waals surface area contributed by atoms with E-state index in [1.807, 2.05) is 0 Å². The summed E-state index contributed by atoms with van der Waals surface area (Å²) in [4.78, 5) is 15.4. The van der Waals surface area contributed by atoms with Gasteiger partial charge in [0.1, 0.15) is 0 Å². The number of aromatic nitrogens is 1. The lowest BCUT2D eigenvalue weighted by Gasteiger charge is -2.56. The summed E-state index contributed by atoms with van der Waals surface area (Å²) in [5, 5.41) is 9.07. The summed E-state index contributed by atoms with van der Waals surface area (Å²) in [6, 6.07) is 0. The van der Waals surface area contributed by atoms with Crippen molar-refractivity contribution in [2.75, 3.05) is 0 Å². The molecule has 1 aromatic heterocycles. The average molecular weight is 275 g/mol. The maximum Gasteiger partial charge on any atom is 0.373 e. The van der Waals surface area contributed by atoms with Gasteiger partial charge in [-0.2, -0.15) is 0 Å². The number of aryl methyl sites for hydroxylation is 1. The third kappa shape index (κ3) is 1.88. The van der Waals surface area contributed by atoms with Crippen LogP contribution in [0.15, 0.2) is 4.42 Å². The number of carboxylic acids is 1. The summed E-state index contributed by atoms with van der Waals surface area (Å²) in [5.74, 6) is 2.35. The van der Waals surface area contributed by atoms with Crippen LogP contribution >= 0.6 is 0 Å². The second kappa shape index (κ2) is 4.09. The van der Waals surface area contributed by atoms with E-state index in [0.717, 1.165) is 24.2 Å². The molecule has 4 aliphatic carbocycles. The number of oxazole rings is 1.